The molecule has 4 nitrogen and oxygen atoms in total. The molecule has 5 rings (SSSR count). The number of ether oxygens (including phenoxy) is 2. The van der Waals surface area contributed by atoms with Crippen LogP contribution in [0.15, 0.2) is 78.4 Å². The fraction of sp³-hybridized carbons (Fsp3) is 0.160. The van der Waals surface area contributed by atoms with E-state index in [1.54, 1.807) is 12.1 Å². The number of halogens is 3. The number of fused-ring (bicyclic) bond motifs is 3. The summed E-state index contributed by atoms with van der Waals surface area (Å²) in [4.78, 5) is 0. The van der Waals surface area contributed by atoms with Gasteiger partial charge in [0.2, 0.25) is 6.23 Å². The Hall–Kier alpha value is -2.66. The zero-order valence-electron chi connectivity index (χ0n) is 17.0. The van der Waals surface area contributed by atoms with Gasteiger partial charge in [0.15, 0.2) is 0 Å². The van der Waals surface area contributed by atoms with Crippen LogP contribution in [-0.2, 0) is 0 Å². The van der Waals surface area contributed by atoms with E-state index in [-0.39, 0.29) is 6.04 Å². The van der Waals surface area contributed by atoms with Crippen molar-refractivity contribution < 1.29 is 9.47 Å². The van der Waals surface area contributed by atoms with Crippen molar-refractivity contribution >= 4 is 40.5 Å². The van der Waals surface area contributed by atoms with E-state index in [0.29, 0.717) is 33.8 Å². The van der Waals surface area contributed by atoms with Crippen LogP contribution >= 0.6 is 34.8 Å². The van der Waals surface area contributed by atoms with Crippen molar-refractivity contribution in [1.29, 1.82) is 0 Å². The van der Waals surface area contributed by atoms with Crippen LogP contribution in [0.2, 0.25) is 15.1 Å². The maximum Gasteiger partial charge on any atom is 0.213 e. The first kappa shape index (κ1) is 21.2. The van der Waals surface area contributed by atoms with Crippen molar-refractivity contribution in [3.63, 3.8) is 0 Å². The third-order valence-electron chi connectivity index (χ3n) is 5.52. The molecule has 0 aromatic heterocycles. The molecule has 0 aliphatic carbocycles. The lowest BCUT2D eigenvalue weighted by Gasteiger charge is -2.38. The molecule has 0 saturated heterocycles. The van der Waals surface area contributed by atoms with Gasteiger partial charge in [-0.3, -0.25) is 0 Å². The zero-order chi connectivity index (χ0) is 22.2. The lowest BCUT2D eigenvalue weighted by atomic mass is 9.96. The van der Waals surface area contributed by atoms with E-state index in [1.807, 2.05) is 59.6 Å². The SMILES string of the molecule is C=CCOc1ccc([C@H]2Oc3c(Cl)cc(Cl)cc3[C@@H]3CC(c4ccc(Cl)cc4)=NN23)cc1. The van der Waals surface area contributed by atoms with Crippen molar-refractivity contribution in [3.05, 3.63) is 105 Å². The molecule has 7 heteroatoms. The molecule has 0 fully saturated rings. The smallest absolute Gasteiger partial charge is 0.213 e. The van der Waals surface area contributed by atoms with Gasteiger partial charge >= 0.3 is 0 Å². The molecular weight excluding hydrogens is 467 g/mol. The largest absolute Gasteiger partial charge is 0.490 e. The van der Waals surface area contributed by atoms with Gasteiger partial charge < -0.3 is 9.47 Å². The highest BCUT2D eigenvalue weighted by Gasteiger charge is 2.42. The molecule has 3 aromatic rings. The highest BCUT2D eigenvalue weighted by atomic mass is 35.5. The number of hydrazone groups is 1. The third kappa shape index (κ3) is 3.95. The lowest BCUT2D eigenvalue weighted by molar-refractivity contribution is -0.0189. The highest BCUT2D eigenvalue weighted by molar-refractivity contribution is 6.35. The molecule has 2 heterocycles. The predicted octanol–water partition coefficient (Wildman–Crippen LogP) is 7.45. The Bertz CT molecular complexity index is 1190. The quantitative estimate of drug-likeness (QED) is 0.352. The Morgan fingerprint density at radius 1 is 1.03 bits per heavy atom. The summed E-state index contributed by atoms with van der Waals surface area (Å²) in [6, 6.07) is 19.0. The van der Waals surface area contributed by atoms with Crippen LogP contribution in [0, 0.1) is 0 Å². The molecule has 0 amide bonds. The van der Waals surface area contributed by atoms with Gasteiger partial charge in [0.1, 0.15) is 18.1 Å². The van der Waals surface area contributed by atoms with Crippen LogP contribution in [0.25, 0.3) is 0 Å². The molecule has 0 N–H and O–H groups in total. The first-order valence-electron chi connectivity index (χ1n) is 10.1. The summed E-state index contributed by atoms with van der Waals surface area (Å²) in [5.74, 6) is 1.40. The van der Waals surface area contributed by atoms with Crippen molar-refractivity contribution in [3.8, 4) is 11.5 Å². The highest BCUT2D eigenvalue weighted by Crippen LogP contribution is 2.50. The van der Waals surface area contributed by atoms with E-state index in [2.05, 4.69) is 6.58 Å². The molecular formula is C25H19Cl3N2O2. The minimum atomic E-state index is -0.440. The van der Waals surface area contributed by atoms with Crippen molar-refractivity contribution in [2.24, 2.45) is 5.10 Å². The van der Waals surface area contributed by atoms with Gasteiger partial charge in [-0.25, -0.2) is 5.01 Å². The molecule has 2 aliphatic heterocycles. The summed E-state index contributed by atoms with van der Waals surface area (Å²) in [6.07, 6.45) is 1.97. The van der Waals surface area contributed by atoms with E-state index >= 15 is 0 Å². The predicted molar refractivity (Wildman–Crippen MR) is 129 cm³/mol. The summed E-state index contributed by atoms with van der Waals surface area (Å²) in [7, 11) is 0. The topological polar surface area (TPSA) is 34.1 Å². The molecule has 0 saturated carbocycles. The van der Waals surface area contributed by atoms with Crippen LogP contribution in [0.4, 0.5) is 0 Å². The van der Waals surface area contributed by atoms with Crippen LogP contribution in [0.1, 0.15) is 35.4 Å². The summed E-state index contributed by atoms with van der Waals surface area (Å²) in [5, 5.41) is 8.68. The molecule has 0 spiro atoms. The van der Waals surface area contributed by atoms with Crippen LogP contribution in [0.3, 0.4) is 0 Å². The lowest BCUT2D eigenvalue weighted by Crippen LogP contribution is -2.33. The minimum absolute atomic E-state index is 0.0534. The summed E-state index contributed by atoms with van der Waals surface area (Å²) in [6.45, 7) is 4.13. The maximum atomic E-state index is 6.53. The first-order chi connectivity index (χ1) is 15.5. The molecule has 2 atom stereocenters. The van der Waals surface area contributed by atoms with Gasteiger partial charge in [-0.05, 0) is 54.1 Å². The van der Waals surface area contributed by atoms with Crippen LogP contribution < -0.4 is 9.47 Å². The Labute approximate surface area is 201 Å². The van der Waals surface area contributed by atoms with Gasteiger partial charge in [-0.15, -0.1) is 0 Å². The Balaban J connectivity index is 1.55. The molecule has 162 valence electrons. The summed E-state index contributed by atoms with van der Waals surface area (Å²) in [5.41, 5.74) is 3.84. The number of hydrogen-bond donors (Lipinski definition) is 0. The van der Waals surface area contributed by atoms with Gasteiger partial charge in [0.25, 0.3) is 0 Å². The Kier molecular flexibility index (Phi) is 5.76. The normalized spacial score (nSPS) is 19.0. The van der Waals surface area contributed by atoms with E-state index in [4.69, 9.17) is 49.4 Å². The van der Waals surface area contributed by atoms with Gasteiger partial charge in [0.05, 0.1) is 16.8 Å². The third-order valence-corrected chi connectivity index (χ3v) is 6.27. The second-order valence-electron chi connectivity index (χ2n) is 7.60. The van der Waals surface area contributed by atoms with E-state index in [9.17, 15) is 0 Å². The second kappa shape index (κ2) is 8.70. The van der Waals surface area contributed by atoms with E-state index in [1.165, 1.54) is 0 Å². The van der Waals surface area contributed by atoms with Crippen LogP contribution in [-0.4, -0.2) is 17.3 Å². The average Bonchev–Trinajstić information content (AvgIpc) is 3.24. The monoisotopic (exact) mass is 484 g/mol. The molecule has 0 unspecified atom stereocenters. The number of rotatable bonds is 5. The van der Waals surface area contributed by atoms with E-state index in [0.717, 1.165) is 28.2 Å². The van der Waals surface area contributed by atoms with Crippen LogP contribution in [0.5, 0.6) is 11.5 Å². The molecule has 0 radical (unpaired) electrons. The number of benzene rings is 3. The molecule has 2 aliphatic rings. The number of hydrogen-bond acceptors (Lipinski definition) is 4. The Morgan fingerprint density at radius 2 is 1.78 bits per heavy atom. The van der Waals surface area contributed by atoms with Crippen molar-refractivity contribution in [2.45, 2.75) is 18.7 Å². The van der Waals surface area contributed by atoms with Crippen molar-refractivity contribution in [2.75, 3.05) is 6.61 Å². The molecule has 3 aromatic carbocycles. The summed E-state index contributed by atoms with van der Waals surface area (Å²) < 4.78 is 12.0. The van der Waals surface area contributed by atoms with Gasteiger partial charge in [-0.1, -0.05) is 59.6 Å². The molecule has 0 bridgehead atoms. The fourth-order valence-electron chi connectivity index (χ4n) is 4.04. The molecule has 32 heavy (non-hydrogen) atoms. The fourth-order valence-corrected chi connectivity index (χ4v) is 4.71. The second-order valence-corrected chi connectivity index (χ2v) is 8.88. The average molecular weight is 486 g/mol. The summed E-state index contributed by atoms with van der Waals surface area (Å²) >= 11 is 18.9. The standard InChI is InChI=1S/C25H19Cl3N2O2/c1-2-11-31-19-9-5-16(6-10-19)25-30-23(20-12-18(27)13-21(28)24(20)32-25)14-22(29-30)15-3-7-17(26)8-4-15/h2-10,12-13,23,25H,1,11,14H2/t23-,25+/m0/s1. The minimum Gasteiger partial charge on any atom is -0.490 e. The Morgan fingerprint density at radius 3 is 2.50 bits per heavy atom. The van der Waals surface area contributed by atoms with Crippen molar-refractivity contribution in [1.82, 2.24) is 5.01 Å². The van der Waals surface area contributed by atoms with E-state index < -0.39 is 6.23 Å². The first-order valence-corrected chi connectivity index (χ1v) is 11.3. The zero-order valence-corrected chi connectivity index (χ0v) is 19.2. The number of nitrogens with zero attached hydrogens (tertiary/aromatic N) is 2. The van der Waals surface area contributed by atoms with Gasteiger partial charge in [0, 0.05) is 27.6 Å². The maximum absolute atomic E-state index is 6.53. The van der Waals surface area contributed by atoms with Gasteiger partial charge in [-0.2, -0.15) is 5.10 Å².